The van der Waals surface area contributed by atoms with Crippen molar-refractivity contribution in [2.75, 3.05) is 0 Å². The average molecular weight is 278 g/mol. The molecular weight excluding hydrogens is 268 g/mol. The van der Waals surface area contributed by atoms with Gasteiger partial charge in [-0.15, -0.1) is 0 Å². The molecular formula is C12H9ClN4S. The smallest absolute Gasteiger partial charge is 0.225 e. The van der Waals surface area contributed by atoms with Crippen molar-refractivity contribution >= 4 is 34.5 Å². The first-order valence-electron chi connectivity index (χ1n) is 5.79. The normalized spacial score (nSPS) is 11.7. The second kappa shape index (κ2) is 4.96. The van der Waals surface area contributed by atoms with E-state index < -0.39 is 0 Å². The van der Waals surface area contributed by atoms with Crippen molar-refractivity contribution in [2.45, 2.75) is 10.8 Å². The Balaban J connectivity index is 1.92. The maximum atomic E-state index is 7.50. The number of thioether (sulfide) groups is 1. The van der Waals surface area contributed by atoms with E-state index in [0.717, 1.165) is 5.75 Å². The molecule has 6 heteroatoms. The van der Waals surface area contributed by atoms with Crippen LogP contribution in [-0.2, 0) is 5.75 Å². The average Bonchev–Trinajstić information content (AvgIpc) is 2.77. The summed E-state index contributed by atoms with van der Waals surface area (Å²) in [4.78, 5) is 15.0. The van der Waals surface area contributed by atoms with Gasteiger partial charge in [-0.2, -0.15) is 4.98 Å². The van der Waals surface area contributed by atoms with Crippen LogP contribution in [0.1, 0.15) is 6.93 Å². The minimum Gasteiger partial charge on any atom is -0.341 e. The van der Waals surface area contributed by atoms with Gasteiger partial charge in [-0.25, -0.2) is 9.97 Å². The number of halogens is 1. The van der Waals surface area contributed by atoms with Gasteiger partial charge < -0.3 is 4.98 Å². The lowest BCUT2D eigenvalue weighted by molar-refractivity contribution is 1.08. The molecule has 2 aromatic heterocycles. The molecule has 1 aromatic carbocycles. The maximum absolute atomic E-state index is 7.50. The molecule has 0 saturated heterocycles. The monoisotopic (exact) mass is 277 g/mol. The third-order valence-corrected chi connectivity index (χ3v) is 3.61. The first-order chi connectivity index (χ1) is 9.22. The second-order valence-electron chi connectivity index (χ2n) is 3.62. The van der Waals surface area contributed by atoms with E-state index in [2.05, 4.69) is 32.1 Å². The van der Waals surface area contributed by atoms with Crippen LogP contribution in [0.4, 0.5) is 0 Å². The van der Waals surface area contributed by atoms with E-state index in [4.69, 9.17) is 13.0 Å². The molecule has 4 nitrogen and oxygen atoms in total. The molecule has 90 valence electrons. The minimum absolute atomic E-state index is 0.0631. The number of fused-ring (bicyclic) bond motifs is 1. The molecule has 0 fully saturated rings. The van der Waals surface area contributed by atoms with E-state index in [0.29, 0.717) is 16.2 Å². The largest absolute Gasteiger partial charge is 0.341 e. The van der Waals surface area contributed by atoms with Crippen LogP contribution < -0.4 is 0 Å². The van der Waals surface area contributed by atoms with Crippen LogP contribution in [0, 0.1) is 0 Å². The fourth-order valence-corrected chi connectivity index (χ4v) is 2.71. The predicted molar refractivity (Wildman–Crippen MR) is 72.7 cm³/mol. The number of H-pyrrole nitrogens is 1. The Bertz CT molecular complexity index is 716. The van der Waals surface area contributed by atoms with Crippen LogP contribution in [0.15, 0.2) is 41.7 Å². The van der Waals surface area contributed by atoms with Gasteiger partial charge >= 0.3 is 0 Å². The van der Waals surface area contributed by atoms with Gasteiger partial charge in [0.1, 0.15) is 11.9 Å². The molecule has 0 aliphatic rings. The van der Waals surface area contributed by atoms with E-state index in [1.165, 1.54) is 5.56 Å². The minimum atomic E-state index is 0.0631. The van der Waals surface area contributed by atoms with Crippen LogP contribution in [0.3, 0.4) is 0 Å². The van der Waals surface area contributed by atoms with Gasteiger partial charge in [0.25, 0.3) is 0 Å². The molecule has 0 aliphatic carbocycles. The topological polar surface area (TPSA) is 54.5 Å². The van der Waals surface area contributed by atoms with Gasteiger partial charge in [0.15, 0.2) is 5.65 Å². The van der Waals surface area contributed by atoms with E-state index in [1.807, 2.05) is 18.2 Å². The Labute approximate surface area is 114 Å². The summed E-state index contributed by atoms with van der Waals surface area (Å²) < 4.78 is 7.50. The van der Waals surface area contributed by atoms with E-state index >= 15 is 0 Å². The molecule has 2 heterocycles. The lowest BCUT2D eigenvalue weighted by atomic mass is 10.2. The van der Waals surface area contributed by atoms with Crippen LogP contribution in [-0.4, -0.2) is 19.9 Å². The molecule has 0 amide bonds. The molecule has 18 heavy (non-hydrogen) atoms. The highest BCUT2D eigenvalue weighted by Crippen LogP contribution is 2.27. The Hall–Kier alpha value is -1.59. The zero-order chi connectivity index (χ0) is 13.2. The molecule has 1 N–H and O–H groups in total. The number of imidazole rings is 1. The van der Waals surface area contributed by atoms with Crippen molar-refractivity contribution in [1.29, 1.82) is 0 Å². The molecule has 0 atom stereocenters. The number of aromatic nitrogens is 4. The molecule has 0 bridgehead atoms. The molecule has 0 spiro atoms. The lowest BCUT2D eigenvalue weighted by Gasteiger charge is -2.02. The fourth-order valence-electron chi connectivity index (χ4n) is 1.56. The SMILES string of the molecule is [2H]c1nc2nc(Cl)nc(SCc3ccccc3)c2[nH]1. The Morgan fingerprint density at radius 3 is 2.94 bits per heavy atom. The molecule has 0 radical (unpaired) electrons. The highest BCUT2D eigenvalue weighted by molar-refractivity contribution is 7.98. The highest BCUT2D eigenvalue weighted by Gasteiger charge is 2.09. The van der Waals surface area contributed by atoms with Gasteiger partial charge in [-0.3, -0.25) is 0 Å². The first kappa shape index (κ1) is 10.3. The first-order valence-corrected chi connectivity index (χ1v) is 6.65. The van der Waals surface area contributed by atoms with Gasteiger partial charge in [-0.05, 0) is 17.2 Å². The van der Waals surface area contributed by atoms with E-state index in [9.17, 15) is 0 Å². The lowest BCUT2D eigenvalue weighted by Crippen LogP contribution is -1.89. The van der Waals surface area contributed by atoms with Crippen LogP contribution in [0.5, 0.6) is 0 Å². The Morgan fingerprint density at radius 1 is 1.28 bits per heavy atom. The summed E-state index contributed by atoms with van der Waals surface area (Å²) in [5.74, 6) is 0.773. The number of nitrogens with one attached hydrogen (secondary N) is 1. The Kier molecular flexibility index (Phi) is 2.85. The van der Waals surface area contributed by atoms with Crippen LogP contribution >= 0.6 is 23.4 Å². The maximum Gasteiger partial charge on any atom is 0.225 e. The molecule has 3 aromatic rings. The van der Waals surface area contributed by atoms with Gasteiger partial charge in [-0.1, -0.05) is 42.1 Å². The summed E-state index contributed by atoms with van der Waals surface area (Å²) in [6, 6.07) is 10.1. The summed E-state index contributed by atoms with van der Waals surface area (Å²) in [6.45, 7) is 0. The second-order valence-corrected chi connectivity index (χ2v) is 4.92. The third kappa shape index (κ3) is 2.32. The zero-order valence-corrected chi connectivity index (χ0v) is 10.8. The molecule has 0 aliphatic heterocycles. The van der Waals surface area contributed by atoms with Crippen molar-refractivity contribution < 1.29 is 1.37 Å². The number of benzene rings is 1. The van der Waals surface area contributed by atoms with E-state index in [-0.39, 0.29) is 11.6 Å². The standard InChI is InChI=1S/C12H9ClN4S/c13-12-16-10-9(14-7-15-10)11(17-12)18-6-8-4-2-1-3-5-8/h1-5,7H,6H2,(H,14,15,16,17)/i7D. The van der Waals surface area contributed by atoms with Gasteiger partial charge in [0, 0.05) is 5.75 Å². The quantitative estimate of drug-likeness (QED) is 0.453. The number of aromatic amines is 1. The fraction of sp³-hybridized carbons (Fsp3) is 0.0833. The van der Waals surface area contributed by atoms with Gasteiger partial charge in [0.05, 0.1) is 6.30 Å². The van der Waals surface area contributed by atoms with Gasteiger partial charge in [0.2, 0.25) is 5.28 Å². The number of rotatable bonds is 3. The zero-order valence-electron chi connectivity index (χ0n) is 10.2. The summed E-state index contributed by atoms with van der Waals surface area (Å²) in [5.41, 5.74) is 2.29. The van der Waals surface area contributed by atoms with Crippen LogP contribution in [0.2, 0.25) is 5.28 Å². The summed E-state index contributed by atoms with van der Waals surface area (Å²) in [7, 11) is 0. The Morgan fingerprint density at radius 2 is 2.11 bits per heavy atom. The van der Waals surface area contributed by atoms with Crippen LogP contribution in [0.25, 0.3) is 11.2 Å². The molecule has 0 saturated carbocycles. The third-order valence-electron chi connectivity index (χ3n) is 2.39. The summed E-state index contributed by atoms with van der Waals surface area (Å²) in [5, 5.41) is 0.861. The number of hydrogen-bond donors (Lipinski definition) is 1. The van der Waals surface area contributed by atoms with Crippen molar-refractivity contribution in [2.24, 2.45) is 0 Å². The number of hydrogen-bond acceptors (Lipinski definition) is 4. The van der Waals surface area contributed by atoms with E-state index in [1.54, 1.807) is 11.8 Å². The van der Waals surface area contributed by atoms with Crippen molar-refractivity contribution in [3.63, 3.8) is 0 Å². The van der Waals surface area contributed by atoms with Crippen molar-refractivity contribution in [3.8, 4) is 0 Å². The highest BCUT2D eigenvalue weighted by atomic mass is 35.5. The summed E-state index contributed by atoms with van der Waals surface area (Å²) >= 11 is 7.40. The molecule has 3 rings (SSSR count). The van der Waals surface area contributed by atoms with Crippen molar-refractivity contribution in [3.05, 3.63) is 47.5 Å². The summed E-state index contributed by atoms with van der Waals surface area (Å²) in [6.07, 6.45) is 0.0631. The van der Waals surface area contributed by atoms with Crippen molar-refractivity contribution in [1.82, 2.24) is 19.9 Å². The molecule has 0 unspecified atom stereocenters. The number of nitrogens with zero attached hydrogens (tertiary/aromatic N) is 3. The predicted octanol–water partition coefficient (Wildman–Crippen LogP) is 3.30.